The third-order valence-electron chi connectivity index (χ3n) is 6.14. The van der Waals surface area contributed by atoms with Gasteiger partial charge in [-0.1, -0.05) is 35.9 Å². The molecule has 2 aliphatic heterocycles. The summed E-state index contributed by atoms with van der Waals surface area (Å²) in [6, 6.07) is 17.4. The molecule has 1 unspecified atom stereocenters. The van der Waals surface area contributed by atoms with Crippen molar-refractivity contribution in [2.24, 2.45) is 0 Å². The van der Waals surface area contributed by atoms with Crippen molar-refractivity contribution in [1.82, 2.24) is 5.32 Å². The summed E-state index contributed by atoms with van der Waals surface area (Å²) in [5.74, 6) is -0.397. The molecule has 5 nitrogen and oxygen atoms in total. The first-order valence-electron chi connectivity index (χ1n) is 10.8. The van der Waals surface area contributed by atoms with E-state index in [9.17, 15) is 9.59 Å². The highest BCUT2D eigenvalue weighted by Crippen LogP contribution is 2.41. The van der Waals surface area contributed by atoms with Crippen LogP contribution in [0.15, 0.2) is 70.3 Å². The zero-order valence-corrected chi connectivity index (χ0v) is 20.2. The number of carbonyl (C=O) groups excluding carboxylic acids is 2. The van der Waals surface area contributed by atoms with E-state index < -0.39 is 10.8 Å². The van der Waals surface area contributed by atoms with Crippen molar-refractivity contribution in [2.45, 2.75) is 22.1 Å². The molecule has 1 N–H and O–H groups in total. The number of morpholine rings is 1. The number of carbonyl (C=O) groups is 2. The fourth-order valence-electron chi connectivity index (χ4n) is 4.41. The van der Waals surface area contributed by atoms with Crippen LogP contribution >= 0.6 is 34.7 Å². The topological polar surface area (TPSA) is 58.6 Å². The van der Waals surface area contributed by atoms with Crippen LogP contribution in [-0.4, -0.2) is 43.2 Å². The minimum absolute atomic E-state index is 0.105. The molecule has 0 radical (unpaired) electrons. The first kappa shape index (κ1) is 22.5. The third-order valence-corrected chi connectivity index (χ3v) is 8.59. The summed E-state index contributed by atoms with van der Waals surface area (Å²) in [6.07, 6.45) is 0.189. The highest BCUT2D eigenvalue weighted by atomic mass is 35.5. The van der Waals surface area contributed by atoms with Crippen LogP contribution in [0.4, 0.5) is 5.69 Å². The zero-order chi connectivity index (χ0) is 22.8. The molecule has 33 heavy (non-hydrogen) atoms. The molecule has 5 rings (SSSR count). The van der Waals surface area contributed by atoms with E-state index in [0.29, 0.717) is 5.02 Å². The second-order valence-electron chi connectivity index (χ2n) is 8.12. The number of amides is 1. The summed E-state index contributed by atoms with van der Waals surface area (Å²) in [4.78, 5) is 29.7. The van der Waals surface area contributed by atoms with Crippen LogP contribution in [0.5, 0.6) is 0 Å². The third kappa shape index (κ3) is 4.43. The fourth-order valence-corrected chi connectivity index (χ4v) is 6.38. The summed E-state index contributed by atoms with van der Waals surface area (Å²) in [5, 5.41) is 6.90. The van der Waals surface area contributed by atoms with Crippen molar-refractivity contribution >= 4 is 52.1 Å². The van der Waals surface area contributed by atoms with Crippen LogP contribution in [0.3, 0.4) is 0 Å². The predicted molar refractivity (Wildman–Crippen MR) is 133 cm³/mol. The number of rotatable bonds is 5. The first-order chi connectivity index (χ1) is 16.1. The molecule has 2 aliphatic rings. The minimum atomic E-state index is -0.880. The maximum absolute atomic E-state index is 13.4. The number of nitrogens with zero attached hydrogens (tertiary/aromatic N) is 1. The Hall–Kier alpha value is -2.32. The van der Waals surface area contributed by atoms with Crippen LogP contribution in [0.25, 0.3) is 0 Å². The summed E-state index contributed by atoms with van der Waals surface area (Å²) < 4.78 is 5.45. The molecule has 0 bridgehead atoms. The van der Waals surface area contributed by atoms with E-state index >= 15 is 0 Å². The zero-order valence-electron chi connectivity index (χ0n) is 17.8. The molecule has 1 amide bonds. The van der Waals surface area contributed by atoms with Crippen molar-refractivity contribution in [2.75, 3.05) is 31.2 Å². The standard InChI is InChI=1S/C25H23ClN2O3S2/c26-20-3-1-2-4-22(20)33-23-21(29)15-25(27-24(23)30,18-9-14-32-16-18)17-5-7-19(8-6-17)28-10-12-31-13-11-28/h1-9,14,16,23H,10-13,15H2,(H,27,30)/t23?,25-/m1/s1. The smallest absolute Gasteiger partial charge is 0.242 e. The van der Waals surface area contributed by atoms with Crippen LogP contribution in [-0.2, 0) is 19.9 Å². The van der Waals surface area contributed by atoms with Gasteiger partial charge >= 0.3 is 0 Å². The average molecular weight is 499 g/mol. The molecule has 0 spiro atoms. The number of benzene rings is 2. The van der Waals surface area contributed by atoms with Crippen molar-refractivity contribution in [3.05, 3.63) is 81.5 Å². The molecule has 1 aromatic heterocycles. The maximum atomic E-state index is 13.4. The average Bonchev–Trinajstić information content (AvgIpc) is 3.39. The van der Waals surface area contributed by atoms with Crippen molar-refractivity contribution < 1.29 is 14.3 Å². The van der Waals surface area contributed by atoms with Gasteiger partial charge in [0, 0.05) is 30.1 Å². The van der Waals surface area contributed by atoms with E-state index in [1.54, 1.807) is 17.4 Å². The number of piperidine rings is 1. The number of hydrogen-bond donors (Lipinski definition) is 1. The van der Waals surface area contributed by atoms with Gasteiger partial charge in [0.25, 0.3) is 0 Å². The maximum Gasteiger partial charge on any atom is 0.242 e. The van der Waals surface area contributed by atoms with Gasteiger partial charge < -0.3 is 15.0 Å². The van der Waals surface area contributed by atoms with Crippen molar-refractivity contribution in [3.63, 3.8) is 0 Å². The van der Waals surface area contributed by atoms with E-state index in [0.717, 1.165) is 48.0 Å². The Balaban J connectivity index is 1.45. The molecular formula is C25H23ClN2O3S2. The van der Waals surface area contributed by atoms with E-state index in [1.165, 1.54) is 11.8 Å². The SMILES string of the molecule is O=C1C[C@@](c2ccc(N3CCOCC3)cc2)(c2ccsc2)NC(=O)C1Sc1ccccc1Cl. The Morgan fingerprint density at radius 1 is 1.03 bits per heavy atom. The van der Waals surface area contributed by atoms with Gasteiger partial charge in [0.05, 0.1) is 23.8 Å². The van der Waals surface area contributed by atoms with Crippen LogP contribution in [0.2, 0.25) is 5.02 Å². The quantitative estimate of drug-likeness (QED) is 0.515. The van der Waals surface area contributed by atoms with Crippen LogP contribution < -0.4 is 10.2 Å². The van der Waals surface area contributed by atoms with Crippen LogP contribution in [0, 0.1) is 0 Å². The molecular weight excluding hydrogens is 476 g/mol. The van der Waals surface area contributed by atoms with Gasteiger partial charge in [-0.25, -0.2) is 0 Å². The highest BCUT2D eigenvalue weighted by molar-refractivity contribution is 8.01. The molecule has 2 fully saturated rings. The Labute approximate surface area is 206 Å². The lowest BCUT2D eigenvalue weighted by Gasteiger charge is -2.40. The van der Waals surface area contributed by atoms with Gasteiger partial charge in [-0.3, -0.25) is 9.59 Å². The van der Waals surface area contributed by atoms with Crippen molar-refractivity contribution in [3.8, 4) is 0 Å². The number of halogens is 1. The highest BCUT2D eigenvalue weighted by Gasteiger charge is 2.47. The van der Waals surface area contributed by atoms with E-state index in [2.05, 4.69) is 22.3 Å². The molecule has 3 aromatic rings. The van der Waals surface area contributed by atoms with E-state index in [4.69, 9.17) is 16.3 Å². The number of anilines is 1. The van der Waals surface area contributed by atoms with Gasteiger partial charge in [0.2, 0.25) is 5.91 Å². The first-order valence-corrected chi connectivity index (χ1v) is 13.0. The lowest BCUT2D eigenvalue weighted by Crippen LogP contribution is -2.57. The van der Waals surface area contributed by atoms with Gasteiger partial charge in [0.15, 0.2) is 5.78 Å². The molecule has 3 heterocycles. The molecule has 170 valence electrons. The lowest BCUT2D eigenvalue weighted by atomic mass is 9.77. The molecule has 2 atom stereocenters. The van der Waals surface area contributed by atoms with E-state index in [-0.39, 0.29) is 18.1 Å². The largest absolute Gasteiger partial charge is 0.378 e. The van der Waals surface area contributed by atoms with Gasteiger partial charge in [0.1, 0.15) is 5.25 Å². The Morgan fingerprint density at radius 3 is 2.45 bits per heavy atom. The Bertz CT molecular complexity index is 1130. The summed E-state index contributed by atoms with van der Waals surface area (Å²) >= 11 is 9.04. The van der Waals surface area contributed by atoms with Crippen molar-refractivity contribution in [1.29, 1.82) is 0 Å². The van der Waals surface area contributed by atoms with Gasteiger partial charge in [-0.05, 0) is 52.2 Å². The second-order valence-corrected chi connectivity index (χ2v) is 10.5. The monoisotopic (exact) mass is 498 g/mol. The normalized spacial score (nSPS) is 23.4. The summed E-state index contributed by atoms with van der Waals surface area (Å²) in [5.41, 5.74) is 2.06. The number of ether oxygens (including phenoxy) is 1. The predicted octanol–water partition coefficient (Wildman–Crippen LogP) is 4.73. The van der Waals surface area contributed by atoms with E-state index in [1.807, 2.05) is 47.2 Å². The summed E-state index contributed by atoms with van der Waals surface area (Å²) in [6.45, 7) is 3.14. The lowest BCUT2D eigenvalue weighted by molar-refractivity contribution is -0.132. The molecule has 2 aromatic carbocycles. The minimum Gasteiger partial charge on any atom is -0.378 e. The number of thioether (sulfide) groups is 1. The molecule has 0 saturated carbocycles. The Morgan fingerprint density at radius 2 is 1.79 bits per heavy atom. The molecule has 2 saturated heterocycles. The summed E-state index contributed by atoms with van der Waals surface area (Å²) in [7, 11) is 0. The van der Waals surface area contributed by atoms with Gasteiger partial charge in [-0.15, -0.1) is 11.8 Å². The second kappa shape index (κ2) is 9.50. The fraction of sp³-hybridized carbons (Fsp3) is 0.280. The number of nitrogens with one attached hydrogen (secondary N) is 1. The number of thiophene rings is 1. The van der Waals surface area contributed by atoms with Gasteiger partial charge in [-0.2, -0.15) is 11.3 Å². The Kier molecular flexibility index (Phi) is 6.47. The molecule has 0 aliphatic carbocycles. The number of Topliss-reactive ketones (excluding diaryl/α,β-unsaturated/α-hetero) is 1. The van der Waals surface area contributed by atoms with Crippen LogP contribution in [0.1, 0.15) is 17.5 Å². The number of hydrogen-bond acceptors (Lipinski definition) is 6. The number of ketones is 1. The molecule has 8 heteroatoms.